The standard InChI is InChI=1S/C12H10N4/c1-8-2-3-9(4-10(8)6-13)11-5-12(14)16-7-15-11/h2-5,7H,1H3,(H2,14,15,16). The van der Waals surface area contributed by atoms with Gasteiger partial charge in [0.05, 0.1) is 17.3 Å². The van der Waals surface area contributed by atoms with Crippen molar-refractivity contribution in [1.29, 1.82) is 5.26 Å². The molecule has 1 aromatic heterocycles. The molecule has 1 heterocycles. The molecule has 16 heavy (non-hydrogen) atoms. The predicted molar refractivity (Wildman–Crippen MR) is 61.3 cm³/mol. The molecule has 4 heteroatoms. The molecule has 0 atom stereocenters. The molecule has 0 fully saturated rings. The van der Waals surface area contributed by atoms with E-state index in [1.165, 1.54) is 6.33 Å². The Labute approximate surface area is 93.4 Å². The van der Waals surface area contributed by atoms with Crippen LogP contribution in [0.2, 0.25) is 0 Å². The van der Waals surface area contributed by atoms with Crippen molar-refractivity contribution in [3.05, 3.63) is 41.7 Å². The van der Waals surface area contributed by atoms with E-state index >= 15 is 0 Å². The Morgan fingerprint density at radius 3 is 2.75 bits per heavy atom. The van der Waals surface area contributed by atoms with Gasteiger partial charge in [-0.2, -0.15) is 5.26 Å². The van der Waals surface area contributed by atoms with Gasteiger partial charge in [-0.25, -0.2) is 9.97 Å². The maximum Gasteiger partial charge on any atom is 0.127 e. The Morgan fingerprint density at radius 2 is 2.06 bits per heavy atom. The first-order valence-electron chi connectivity index (χ1n) is 4.79. The van der Waals surface area contributed by atoms with Gasteiger partial charge in [0, 0.05) is 11.6 Å². The number of aryl methyl sites for hydroxylation is 1. The molecule has 0 saturated heterocycles. The van der Waals surface area contributed by atoms with Crippen LogP contribution < -0.4 is 5.73 Å². The Kier molecular flexibility index (Phi) is 2.52. The summed E-state index contributed by atoms with van der Waals surface area (Å²) in [5.41, 5.74) is 8.78. The van der Waals surface area contributed by atoms with E-state index in [4.69, 9.17) is 11.0 Å². The number of hydrogen-bond donors (Lipinski definition) is 1. The van der Waals surface area contributed by atoms with Crippen LogP contribution in [-0.2, 0) is 0 Å². The van der Waals surface area contributed by atoms with E-state index in [0.717, 1.165) is 16.8 Å². The summed E-state index contributed by atoms with van der Waals surface area (Å²) >= 11 is 0. The second kappa shape index (κ2) is 3.99. The van der Waals surface area contributed by atoms with Crippen molar-refractivity contribution in [2.24, 2.45) is 0 Å². The molecular formula is C12H10N4. The van der Waals surface area contributed by atoms with Crippen LogP contribution in [0.25, 0.3) is 11.3 Å². The number of rotatable bonds is 1. The minimum absolute atomic E-state index is 0.420. The summed E-state index contributed by atoms with van der Waals surface area (Å²) in [7, 11) is 0. The molecule has 0 amide bonds. The van der Waals surface area contributed by atoms with E-state index in [0.29, 0.717) is 11.4 Å². The van der Waals surface area contributed by atoms with E-state index in [2.05, 4.69) is 16.0 Å². The van der Waals surface area contributed by atoms with Crippen LogP contribution in [0.5, 0.6) is 0 Å². The van der Waals surface area contributed by atoms with Gasteiger partial charge < -0.3 is 5.73 Å². The van der Waals surface area contributed by atoms with Gasteiger partial charge in [0.2, 0.25) is 0 Å². The fourth-order valence-corrected chi connectivity index (χ4v) is 1.43. The first-order valence-corrected chi connectivity index (χ1v) is 4.79. The van der Waals surface area contributed by atoms with Crippen molar-refractivity contribution in [2.45, 2.75) is 6.92 Å². The molecule has 0 aliphatic rings. The predicted octanol–water partition coefficient (Wildman–Crippen LogP) is 1.91. The van der Waals surface area contributed by atoms with Gasteiger partial charge in [0.25, 0.3) is 0 Å². The normalized spacial score (nSPS) is 9.75. The molecule has 0 aliphatic heterocycles. The maximum atomic E-state index is 8.94. The zero-order valence-electron chi connectivity index (χ0n) is 8.81. The monoisotopic (exact) mass is 210 g/mol. The van der Waals surface area contributed by atoms with Gasteiger partial charge in [0.15, 0.2) is 0 Å². The van der Waals surface area contributed by atoms with Gasteiger partial charge in [-0.3, -0.25) is 0 Å². The molecule has 0 saturated carbocycles. The summed E-state index contributed by atoms with van der Waals surface area (Å²) in [5, 5.41) is 8.94. The van der Waals surface area contributed by atoms with Crippen molar-refractivity contribution < 1.29 is 0 Å². The molecule has 0 radical (unpaired) electrons. The number of aromatic nitrogens is 2. The minimum atomic E-state index is 0.420. The molecule has 0 unspecified atom stereocenters. The first kappa shape index (κ1) is 10.1. The summed E-state index contributed by atoms with van der Waals surface area (Å²) < 4.78 is 0. The minimum Gasteiger partial charge on any atom is -0.384 e. The second-order valence-electron chi connectivity index (χ2n) is 3.47. The highest BCUT2D eigenvalue weighted by Crippen LogP contribution is 2.20. The van der Waals surface area contributed by atoms with Crippen molar-refractivity contribution in [3.63, 3.8) is 0 Å². The van der Waals surface area contributed by atoms with Crippen LogP contribution in [0.4, 0.5) is 5.82 Å². The number of nitrogens with two attached hydrogens (primary N) is 1. The summed E-state index contributed by atoms with van der Waals surface area (Å²) in [6.07, 6.45) is 1.41. The molecular weight excluding hydrogens is 200 g/mol. The van der Waals surface area contributed by atoms with E-state index in [1.54, 1.807) is 12.1 Å². The lowest BCUT2D eigenvalue weighted by atomic mass is 10.0. The Hall–Kier alpha value is -2.41. The number of anilines is 1. The summed E-state index contributed by atoms with van der Waals surface area (Å²) in [6, 6.07) is 9.44. The lowest BCUT2D eigenvalue weighted by Gasteiger charge is -2.03. The Balaban J connectivity index is 2.54. The average molecular weight is 210 g/mol. The topological polar surface area (TPSA) is 75.6 Å². The average Bonchev–Trinajstić information content (AvgIpc) is 2.29. The summed E-state index contributed by atoms with van der Waals surface area (Å²) in [5.74, 6) is 0.420. The zero-order chi connectivity index (χ0) is 11.5. The van der Waals surface area contributed by atoms with E-state index in [-0.39, 0.29) is 0 Å². The van der Waals surface area contributed by atoms with Crippen LogP contribution in [0.3, 0.4) is 0 Å². The fourth-order valence-electron chi connectivity index (χ4n) is 1.43. The number of nitriles is 1. The van der Waals surface area contributed by atoms with Crippen LogP contribution in [0.1, 0.15) is 11.1 Å². The molecule has 1 aromatic carbocycles. The quantitative estimate of drug-likeness (QED) is 0.780. The summed E-state index contributed by atoms with van der Waals surface area (Å²) in [6.45, 7) is 1.90. The van der Waals surface area contributed by atoms with Crippen molar-refractivity contribution >= 4 is 5.82 Å². The Bertz CT molecular complexity index is 569. The number of benzene rings is 1. The SMILES string of the molecule is Cc1ccc(-c2cc(N)ncn2)cc1C#N. The largest absolute Gasteiger partial charge is 0.384 e. The van der Waals surface area contributed by atoms with Crippen molar-refractivity contribution in [2.75, 3.05) is 5.73 Å². The first-order chi connectivity index (χ1) is 7.70. The molecule has 78 valence electrons. The highest BCUT2D eigenvalue weighted by atomic mass is 14.9. The molecule has 2 N–H and O–H groups in total. The van der Waals surface area contributed by atoms with Crippen molar-refractivity contribution in [1.82, 2.24) is 9.97 Å². The molecule has 2 aromatic rings. The lowest BCUT2D eigenvalue weighted by Crippen LogP contribution is -1.93. The van der Waals surface area contributed by atoms with E-state index in [9.17, 15) is 0 Å². The van der Waals surface area contributed by atoms with Crippen LogP contribution in [-0.4, -0.2) is 9.97 Å². The summed E-state index contributed by atoms with van der Waals surface area (Å²) in [4.78, 5) is 7.94. The molecule has 0 spiro atoms. The smallest absolute Gasteiger partial charge is 0.127 e. The molecule has 0 bridgehead atoms. The fraction of sp³-hybridized carbons (Fsp3) is 0.0833. The molecule has 2 rings (SSSR count). The third-order valence-electron chi connectivity index (χ3n) is 2.34. The highest BCUT2D eigenvalue weighted by molar-refractivity contribution is 5.64. The van der Waals surface area contributed by atoms with Gasteiger partial charge in [-0.15, -0.1) is 0 Å². The molecule has 0 aliphatic carbocycles. The zero-order valence-corrected chi connectivity index (χ0v) is 8.81. The third-order valence-corrected chi connectivity index (χ3v) is 2.34. The second-order valence-corrected chi connectivity index (χ2v) is 3.47. The van der Waals surface area contributed by atoms with Crippen molar-refractivity contribution in [3.8, 4) is 17.3 Å². The van der Waals surface area contributed by atoms with E-state index in [1.807, 2.05) is 19.1 Å². The van der Waals surface area contributed by atoms with Gasteiger partial charge in [-0.05, 0) is 18.6 Å². The number of nitrogens with zero attached hydrogens (tertiary/aromatic N) is 3. The van der Waals surface area contributed by atoms with Gasteiger partial charge in [0.1, 0.15) is 12.1 Å². The van der Waals surface area contributed by atoms with Crippen LogP contribution in [0, 0.1) is 18.3 Å². The number of hydrogen-bond acceptors (Lipinski definition) is 4. The lowest BCUT2D eigenvalue weighted by molar-refractivity contribution is 1.18. The van der Waals surface area contributed by atoms with Crippen LogP contribution >= 0.6 is 0 Å². The maximum absolute atomic E-state index is 8.94. The van der Waals surface area contributed by atoms with Crippen LogP contribution in [0.15, 0.2) is 30.6 Å². The third kappa shape index (κ3) is 1.84. The van der Waals surface area contributed by atoms with E-state index < -0.39 is 0 Å². The number of nitrogen functional groups attached to an aromatic ring is 1. The van der Waals surface area contributed by atoms with Gasteiger partial charge >= 0.3 is 0 Å². The highest BCUT2D eigenvalue weighted by Gasteiger charge is 2.03. The molecule has 4 nitrogen and oxygen atoms in total. The Morgan fingerprint density at radius 1 is 1.25 bits per heavy atom. The van der Waals surface area contributed by atoms with Gasteiger partial charge in [-0.1, -0.05) is 12.1 Å².